The SMILES string of the molecule is O=C(NC1C2CC3CC(C2)CC1C3)c1cc(C=Cc2ccccc2)[nH]c(=S)n1. The van der Waals surface area contributed by atoms with E-state index in [4.69, 9.17) is 12.2 Å². The van der Waals surface area contributed by atoms with Gasteiger partial charge in [0.2, 0.25) is 0 Å². The van der Waals surface area contributed by atoms with E-state index in [9.17, 15) is 4.79 Å². The summed E-state index contributed by atoms with van der Waals surface area (Å²) >= 11 is 5.26. The predicted molar refractivity (Wildman–Crippen MR) is 113 cm³/mol. The lowest BCUT2D eigenvalue weighted by atomic mass is 9.54. The molecule has 0 atom stereocenters. The maximum absolute atomic E-state index is 13.0. The van der Waals surface area contributed by atoms with Crippen LogP contribution in [0.25, 0.3) is 12.2 Å². The molecule has 28 heavy (non-hydrogen) atoms. The summed E-state index contributed by atoms with van der Waals surface area (Å²) in [6, 6.07) is 12.2. The summed E-state index contributed by atoms with van der Waals surface area (Å²) < 4.78 is 0.338. The van der Waals surface area contributed by atoms with Crippen molar-refractivity contribution >= 4 is 30.3 Å². The van der Waals surface area contributed by atoms with Gasteiger partial charge in [-0.2, -0.15) is 0 Å². The lowest BCUT2D eigenvalue weighted by Gasteiger charge is -2.54. The molecule has 0 unspecified atom stereocenters. The van der Waals surface area contributed by atoms with Crippen molar-refractivity contribution < 1.29 is 4.79 Å². The Morgan fingerprint density at radius 1 is 1.04 bits per heavy atom. The maximum Gasteiger partial charge on any atom is 0.270 e. The number of H-pyrrole nitrogens is 1. The second kappa shape index (κ2) is 7.28. The summed E-state index contributed by atoms with van der Waals surface area (Å²) in [6.07, 6.45) is 10.5. The Balaban J connectivity index is 1.33. The summed E-state index contributed by atoms with van der Waals surface area (Å²) in [7, 11) is 0. The van der Waals surface area contributed by atoms with Crippen molar-refractivity contribution in [2.24, 2.45) is 23.7 Å². The van der Waals surface area contributed by atoms with Crippen LogP contribution in [0.1, 0.15) is 53.8 Å². The molecule has 4 aliphatic carbocycles. The number of aromatic nitrogens is 2. The van der Waals surface area contributed by atoms with Crippen molar-refractivity contribution in [3.63, 3.8) is 0 Å². The van der Waals surface area contributed by atoms with Crippen LogP contribution in [0.2, 0.25) is 0 Å². The molecule has 144 valence electrons. The average molecular weight is 392 g/mol. The first kappa shape index (κ1) is 17.8. The smallest absolute Gasteiger partial charge is 0.270 e. The van der Waals surface area contributed by atoms with Gasteiger partial charge in [-0.25, -0.2) is 4.98 Å². The first-order valence-corrected chi connectivity index (χ1v) is 10.7. The zero-order chi connectivity index (χ0) is 19.1. The van der Waals surface area contributed by atoms with Crippen LogP contribution in [-0.4, -0.2) is 21.9 Å². The number of rotatable bonds is 4. The van der Waals surface area contributed by atoms with Crippen molar-refractivity contribution in [1.82, 2.24) is 15.3 Å². The van der Waals surface area contributed by atoms with Crippen LogP contribution in [0, 0.1) is 28.4 Å². The fourth-order valence-corrected chi connectivity index (χ4v) is 6.04. The van der Waals surface area contributed by atoms with Gasteiger partial charge in [0.15, 0.2) is 4.77 Å². The molecule has 0 radical (unpaired) electrons. The molecule has 0 spiro atoms. The largest absolute Gasteiger partial charge is 0.347 e. The fraction of sp³-hybridized carbons (Fsp3) is 0.435. The molecule has 1 aromatic heterocycles. The van der Waals surface area contributed by atoms with Gasteiger partial charge >= 0.3 is 0 Å². The lowest BCUT2D eigenvalue weighted by molar-refractivity contribution is -0.0120. The number of amides is 1. The van der Waals surface area contributed by atoms with E-state index < -0.39 is 0 Å². The number of aromatic amines is 1. The zero-order valence-electron chi connectivity index (χ0n) is 15.8. The van der Waals surface area contributed by atoms with Crippen LogP contribution in [-0.2, 0) is 0 Å². The highest BCUT2D eigenvalue weighted by Crippen LogP contribution is 2.53. The Kier molecular flexibility index (Phi) is 4.63. The van der Waals surface area contributed by atoms with Crippen LogP contribution in [0.15, 0.2) is 36.4 Å². The summed E-state index contributed by atoms with van der Waals surface area (Å²) in [5.41, 5.74) is 2.29. The van der Waals surface area contributed by atoms with Crippen LogP contribution >= 0.6 is 12.2 Å². The van der Waals surface area contributed by atoms with E-state index in [0.29, 0.717) is 28.3 Å². The van der Waals surface area contributed by atoms with Gasteiger partial charge in [-0.15, -0.1) is 0 Å². The van der Waals surface area contributed by atoms with Gasteiger partial charge in [0.1, 0.15) is 5.69 Å². The lowest BCUT2D eigenvalue weighted by Crippen LogP contribution is -2.55. The van der Waals surface area contributed by atoms with Gasteiger partial charge in [0.25, 0.3) is 5.91 Å². The molecule has 2 N–H and O–H groups in total. The topological polar surface area (TPSA) is 57.8 Å². The summed E-state index contributed by atoms with van der Waals surface area (Å²) in [4.78, 5) is 20.3. The van der Waals surface area contributed by atoms with Gasteiger partial charge in [0, 0.05) is 11.7 Å². The molecule has 1 heterocycles. The highest BCUT2D eigenvalue weighted by molar-refractivity contribution is 7.71. The Morgan fingerprint density at radius 3 is 2.39 bits per heavy atom. The van der Waals surface area contributed by atoms with Crippen molar-refractivity contribution in [2.75, 3.05) is 0 Å². The third-order valence-corrected chi connectivity index (χ3v) is 6.97. The summed E-state index contributed by atoms with van der Waals surface area (Å²) in [5.74, 6) is 3.00. The van der Waals surface area contributed by atoms with E-state index in [1.807, 2.05) is 42.5 Å². The molecule has 4 saturated carbocycles. The average Bonchev–Trinajstić information content (AvgIpc) is 2.69. The second-order valence-corrected chi connectivity index (χ2v) is 9.09. The number of benzene rings is 1. The summed E-state index contributed by atoms with van der Waals surface area (Å²) in [6.45, 7) is 0. The minimum atomic E-state index is -0.0908. The van der Waals surface area contributed by atoms with Crippen molar-refractivity contribution in [3.8, 4) is 0 Å². The quantitative estimate of drug-likeness (QED) is 0.732. The van der Waals surface area contributed by atoms with E-state index >= 15 is 0 Å². The highest BCUT2D eigenvalue weighted by Gasteiger charge is 2.48. The first-order valence-electron chi connectivity index (χ1n) is 10.3. The van der Waals surface area contributed by atoms with E-state index in [1.165, 1.54) is 32.1 Å². The second-order valence-electron chi connectivity index (χ2n) is 8.70. The molecule has 5 heteroatoms. The third kappa shape index (κ3) is 3.55. The Labute approximate surface area is 170 Å². The van der Waals surface area contributed by atoms with Gasteiger partial charge < -0.3 is 10.3 Å². The van der Waals surface area contributed by atoms with Crippen LogP contribution in [0.4, 0.5) is 0 Å². The van der Waals surface area contributed by atoms with Gasteiger partial charge in [-0.3, -0.25) is 4.79 Å². The molecule has 0 aliphatic heterocycles. The zero-order valence-corrected chi connectivity index (χ0v) is 16.6. The first-order chi connectivity index (χ1) is 13.6. The Morgan fingerprint density at radius 2 is 1.71 bits per heavy atom. The molecule has 6 rings (SSSR count). The van der Waals surface area contributed by atoms with E-state index in [-0.39, 0.29) is 5.91 Å². The molecule has 1 aromatic carbocycles. The van der Waals surface area contributed by atoms with E-state index in [0.717, 1.165) is 23.1 Å². The molecule has 4 fully saturated rings. The normalized spacial score (nSPS) is 30.6. The minimum Gasteiger partial charge on any atom is -0.347 e. The van der Waals surface area contributed by atoms with Crippen LogP contribution in [0.3, 0.4) is 0 Å². The van der Waals surface area contributed by atoms with Crippen LogP contribution in [0.5, 0.6) is 0 Å². The number of hydrogen-bond donors (Lipinski definition) is 2. The van der Waals surface area contributed by atoms with Crippen LogP contribution < -0.4 is 5.32 Å². The summed E-state index contributed by atoms with van der Waals surface area (Å²) in [5, 5.41) is 3.32. The van der Waals surface area contributed by atoms with Crippen molar-refractivity contribution in [3.05, 3.63) is 58.1 Å². The molecule has 1 amide bonds. The molecular formula is C23H25N3OS. The molecule has 4 bridgehead atoms. The van der Waals surface area contributed by atoms with Gasteiger partial charge in [0.05, 0.1) is 0 Å². The number of nitrogens with zero attached hydrogens (tertiary/aromatic N) is 1. The monoisotopic (exact) mass is 391 g/mol. The van der Waals surface area contributed by atoms with Gasteiger partial charge in [-0.05, 0) is 85.7 Å². The maximum atomic E-state index is 13.0. The van der Waals surface area contributed by atoms with E-state index in [1.54, 1.807) is 6.07 Å². The highest BCUT2D eigenvalue weighted by atomic mass is 32.1. The number of hydrogen-bond acceptors (Lipinski definition) is 3. The predicted octanol–water partition coefficient (Wildman–Crippen LogP) is 4.86. The van der Waals surface area contributed by atoms with Crippen molar-refractivity contribution in [2.45, 2.75) is 38.1 Å². The molecule has 0 saturated heterocycles. The standard InChI is InChI=1S/C23H25N3OS/c27-22(26-21-17-9-15-8-16(11-17)12-18(21)10-15)20-13-19(24-23(28)25-20)7-6-14-4-2-1-3-5-14/h1-7,13,15-18,21H,8-12H2,(H,26,27)(H,24,25,28). The van der Waals surface area contributed by atoms with Gasteiger partial charge in [-0.1, -0.05) is 36.4 Å². The molecular weight excluding hydrogens is 366 g/mol. The third-order valence-electron chi connectivity index (χ3n) is 6.78. The molecule has 2 aromatic rings. The van der Waals surface area contributed by atoms with Crippen molar-refractivity contribution in [1.29, 1.82) is 0 Å². The molecule has 4 nitrogen and oxygen atoms in total. The number of carbonyl (C=O) groups is 1. The Hall–Kier alpha value is -2.27. The minimum absolute atomic E-state index is 0.0908. The Bertz CT molecular complexity index is 937. The number of nitrogens with one attached hydrogen (secondary N) is 2. The van der Waals surface area contributed by atoms with E-state index in [2.05, 4.69) is 15.3 Å². The fourth-order valence-electron chi connectivity index (χ4n) is 5.82. The molecule has 4 aliphatic rings. The number of carbonyl (C=O) groups excluding carboxylic acids is 1.